The molecule has 0 saturated heterocycles. The van der Waals surface area contributed by atoms with Crippen LogP contribution in [0.3, 0.4) is 0 Å². The van der Waals surface area contributed by atoms with E-state index in [1.54, 1.807) is 20.0 Å². The van der Waals surface area contributed by atoms with E-state index in [0.717, 1.165) is 90.5 Å². The Hall–Kier alpha value is -9.56. The maximum absolute atomic E-state index is 11.5. The van der Waals surface area contributed by atoms with E-state index in [-0.39, 0.29) is 137 Å². The van der Waals surface area contributed by atoms with Crippen molar-refractivity contribution in [1.82, 2.24) is 19.9 Å². The standard InChI is InChI=1S/C23H20N.C21H22N.2C14H10NO.C11H20O2.C7H12O2.2C5H8O2.4Ir/c1-23(2,3)18-9-6-8-17(15-18)22-21-12-11-16-7-4-5-10-19(16)20(21)13-14-24-22;1-5-16(4)17-6-7-20-18(13-17)8-9-22-21(20)19-11-14(2)10-15(3)12-19;1-10-7-12-9-15-13(8-14(12)16-10)11-5-3-2-4-6-11;1-10-7-12-8-13(15-9-14(12)16-10)11-5-3-2-4-6-11;1-10(2,3)8(12)7-9(13)11(4,5)6;1-3-6(8)5-7(9)4-2;2*1-4(6)3-5(2)7;;;;/h4-7,9-15H,1-3H3;6-11,13,16H,5H2,1-4H3;2*2-5,7-9H,1H3;7,12H,1-6H3;5,8H,3-4H2,1-2H3;2*3,6H,1-2H3;;;;/q4*-1;;;;;;;;. The van der Waals surface area contributed by atoms with Crippen LogP contribution < -0.4 is 0 Å². The summed E-state index contributed by atoms with van der Waals surface area (Å²) >= 11 is 0. The van der Waals surface area contributed by atoms with Gasteiger partial charge in [-0.1, -0.05) is 165 Å². The van der Waals surface area contributed by atoms with Crippen LogP contribution in [0, 0.1) is 62.8 Å². The molecular formula is C100H110Ir4N4O10-4. The second-order valence-corrected chi connectivity index (χ2v) is 31.0. The Labute approximate surface area is 751 Å². The molecule has 4 radical (unpaired) electrons. The fraction of sp³-hybridized carbons (Fsp3) is 0.280. The summed E-state index contributed by atoms with van der Waals surface area (Å²) in [5.74, 6) is 2.54. The van der Waals surface area contributed by atoms with E-state index in [4.69, 9.17) is 24.2 Å². The number of allylic oxidation sites excluding steroid dienone is 8. The number of carbonyl (C=O) groups is 4. The molecule has 630 valence electrons. The minimum Gasteiger partial charge on any atom is -0.512 e. The number of furan rings is 2. The van der Waals surface area contributed by atoms with Gasteiger partial charge in [-0.05, 0) is 150 Å². The average Bonchev–Trinajstić information content (AvgIpc) is 1.37. The zero-order chi connectivity index (χ0) is 84.2. The molecule has 0 aliphatic heterocycles. The van der Waals surface area contributed by atoms with Crippen molar-refractivity contribution in [3.05, 3.63) is 300 Å². The van der Waals surface area contributed by atoms with E-state index < -0.39 is 5.41 Å². The zero-order valence-corrected chi connectivity index (χ0v) is 80.9. The molecule has 118 heavy (non-hydrogen) atoms. The van der Waals surface area contributed by atoms with Gasteiger partial charge in [0.05, 0.1) is 23.5 Å². The molecule has 6 aromatic heterocycles. The van der Waals surface area contributed by atoms with E-state index in [1.807, 2.05) is 153 Å². The first-order valence-corrected chi connectivity index (χ1v) is 38.3. The van der Waals surface area contributed by atoms with Crippen molar-refractivity contribution < 1.29 is 129 Å². The van der Waals surface area contributed by atoms with Gasteiger partial charge in [-0.3, -0.25) is 19.2 Å². The molecule has 7 aromatic carbocycles. The van der Waals surface area contributed by atoms with E-state index >= 15 is 0 Å². The number of hydrogen-bond donors (Lipinski definition) is 4. The summed E-state index contributed by atoms with van der Waals surface area (Å²) in [6.45, 7) is 39.7. The van der Waals surface area contributed by atoms with E-state index in [0.29, 0.717) is 18.8 Å². The van der Waals surface area contributed by atoms with Crippen molar-refractivity contribution >= 4 is 77.4 Å². The van der Waals surface area contributed by atoms with Gasteiger partial charge in [0.25, 0.3) is 0 Å². The fourth-order valence-corrected chi connectivity index (χ4v) is 11.3. The van der Waals surface area contributed by atoms with E-state index in [9.17, 15) is 24.3 Å². The predicted molar refractivity (Wildman–Crippen MR) is 468 cm³/mol. The Balaban J connectivity index is 0.000000470. The van der Waals surface area contributed by atoms with Crippen molar-refractivity contribution in [3.8, 4) is 45.0 Å². The number of nitrogens with zero attached hydrogens (tertiary/aromatic N) is 4. The number of aromatic nitrogens is 4. The molecule has 18 heteroatoms. The second-order valence-electron chi connectivity index (χ2n) is 31.0. The molecule has 6 heterocycles. The summed E-state index contributed by atoms with van der Waals surface area (Å²) in [6.07, 6.45) is 14.5. The minimum absolute atomic E-state index is 0. The van der Waals surface area contributed by atoms with E-state index in [2.05, 4.69) is 184 Å². The van der Waals surface area contributed by atoms with Crippen molar-refractivity contribution in [2.24, 2.45) is 10.8 Å². The molecular weight excluding hydrogens is 2190 g/mol. The van der Waals surface area contributed by atoms with Crippen molar-refractivity contribution in [1.29, 1.82) is 0 Å². The SMILES string of the molecule is CC(=O)C=C(C)O.CC(=O)C=C(C)O.CC(C)(C)C(=O)C=C(O)C(C)(C)C.CC(C)(C)c1cc[c-]c(-c2nccc3c2ccc2ccccc23)c1.CCC(=O)C=C(O)CC.CCC(C)c1ccc2c(-c3[c-]c(C)cc(C)c3)nccc2c1.Cc1cc2cc(-c3[c-]cccc3)ncc2o1.Cc1cc2cnc(-c3[c-]cccc3)cc2o1.[Ir].[Ir].[Ir].[Ir]. The summed E-state index contributed by atoms with van der Waals surface area (Å²) in [4.78, 5) is 60.1. The third-order valence-corrected chi connectivity index (χ3v) is 17.6. The summed E-state index contributed by atoms with van der Waals surface area (Å²) in [6, 6.07) is 71.2. The van der Waals surface area contributed by atoms with Crippen LogP contribution in [-0.2, 0) is 105 Å². The van der Waals surface area contributed by atoms with Crippen LogP contribution in [0.25, 0.3) is 99.3 Å². The molecule has 4 N–H and O–H groups in total. The zero-order valence-electron chi connectivity index (χ0n) is 71.3. The Kier molecular flexibility index (Phi) is 44.0. The van der Waals surface area contributed by atoms with Gasteiger partial charge >= 0.3 is 0 Å². The number of fused-ring (bicyclic) bond motifs is 6. The Morgan fingerprint density at radius 3 is 1.53 bits per heavy atom. The molecule has 0 amide bonds. The first-order chi connectivity index (χ1) is 53.8. The molecule has 0 spiro atoms. The maximum Gasteiger partial charge on any atom is 0.164 e. The maximum atomic E-state index is 11.5. The topological polar surface area (TPSA) is 227 Å². The van der Waals surface area contributed by atoms with Crippen molar-refractivity contribution in [2.75, 3.05) is 0 Å². The van der Waals surface area contributed by atoms with Crippen molar-refractivity contribution in [3.63, 3.8) is 0 Å². The van der Waals surface area contributed by atoms with Gasteiger partial charge < -0.3 is 49.2 Å². The predicted octanol–water partition coefficient (Wildman–Crippen LogP) is 26.2. The van der Waals surface area contributed by atoms with Gasteiger partial charge in [-0.15, -0.1) is 142 Å². The van der Waals surface area contributed by atoms with Crippen molar-refractivity contribution in [2.45, 2.75) is 176 Å². The van der Waals surface area contributed by atoms with Gasteiger partial charge in [0, 0.05) is 158 Å². The Morgan fingerprint density at radius 2 is 1.00 bits per heavy atom. The largest absolute Gasteiger partial charge is 0.512 e. The van der Waals surface area contributed by atoms with Crippen LogP contribution >= 0.6 is 0 Å². The monoisotopic (exact) mass is 2300 g/mol. The number of pyridine rings is 4. The first-order valence-electron chi connectivity index (χ1n) is 38.3. The summed E-state index contributed by atoms with van der Waals surface area (Å²) in [5.41, 5.74) is 14.1. The van der Waals surface area contributed by atoms with Crippen LogP contribution in [-0.4, -0.2) is 63.5 Å². The van der Waals surface area contributed by atoms with E-state index in [1.165, 1.54) is 101 Å². The van der Waals surface area contributed by atoms with Gasteiger partial charge in [0.2, 0.25) is 0 Å². The number of benzene rings is 7. The number of aliphatic hydroxyl groups is 4. The molecule has 14 nitrogen and oxygen atoms in total. The number of rotatable bonds is 12. The molecule has 0 fully saturated rings. The van der Waals surface area contributed by atoms with Crippen LogP contribution in [0.15, 0.2) is 251 Å². The Morgan fingerprint density at radius 1 is 0.458 bits per heavy atom. The number of hydrogen-bond acceptors (Lipinski definition) is 14. The molecule has 1 unspecified atom stereocenters. The second kappa shape index (κ2) is 49.7. The van der Waals surface area contributed by atoms with Crippen LogP contribution in [0.1, 0.15) is 177 Å². The van der Waals surface area contributed by atoms with Gasteiger partial charge in [-0.25, -0.2) is 0 Å². The third-order valence-electron chi connectivity index (χ3n) is 17.6. The molecule has 0 bridgehead atoms. The van der Waals surface area contributed by atoms with Crippen LogP contribution in [0.5, 0.6) is 0 Å². The fourth-order valence-electron chi connectivity index (χ4n) is 11.3. The number of aliphatic hydroxyl groups excluding tert-OH is 4. The number of carbonyl (C=O) groups excluding carboxylic acids is 4. The Bertz CT molecular complexity index is 5380. The summed E-state index contributed by atoms with van der Waals surface area (Å²) in [7, 11) is 0. The smallest absolute Gasteiger partial charge is 0.164 e. The normalized spacial score (nSPS) is 11.5. The quantitative estimate of drug-likeness (QED) is 0.0386. The average molecular weight is 2300 g/mol. The summed E-state index contributed by atoms with van der Waals surface area (Å²) in [5, 5.41) is 44.6. The third kappa shape index (κ3) is 33.7. The van der Waals surface area contributed by atoms with Crippen LogP contribution in [0.4, 0.5) is 0 Å². The van der Waals surface area contributed by atoms with Gasteiger partial charge in [0.1, 0.15) is 22.9 Å². The van der Waals surface area contributed by atoms with Crippen LogP contribution in [0.2, 0.25) is 0 Å². The molecule has 13 aromatic rings. The van der Waals surface area contributed by atoms with Gasteiger partial charge in [0.15, 0.2) is 28.7 Å². The number of ketones is 4. The summed E-state index contributed by atoms with van der Waals surface area (Å²) < 4.78 is 11.1. The number of aryl methyl sites for hydroxylation is 4. The molecule has 0 saturated carbocycles. The molecule has 0 aliphatic rings. The molecule has 1 atom stereocenters. The first kappa shape index (κ1) is 105. The minimum atomic E-state index is -0.417. The molecule has 13 rings (SSSR count). The molecule has 0 aliphatic carbocycles. The van der Waals surface area contributed by atoms with Gasteiger partial charge in [-0.2, -0.15) is 0 Å².